The first kappa shape index (κ1) is 79.3. The Bertz CT molecular complexity index is 2710. The van der Waals surface area contributed by atoms with E-state index in [4.69, 9.17) is 37.7 Å². The van der Waals surface area contributed by atoms with Crippen LogP contribution < -0.4 is 10.0 Å². The van der Waals surface area contributed by atoms with Gasteiger partial charge in [-0.15, -0.1) is 0 Å². The van der Waals surface area contributed by atoms with E-state index < -0.39 is 206 Å². The first-order valence-electron chi connectivity index (χ1n) is 25.4. The number of rotatable bonds is 32. The van der Waals surface area contributed by atoms with Crippen LogP contribution in [0.3, 0.4) is 0 Å². The van der Waals surface area contributed by atoms with E-state index in [1.165, 1.54) is 75.5 Å². The summed E-state index contributed by atoms with van der Waals surface area (Å²) in [4.78, 5) is 38.7. The standard InChI is InChI=1S/C26H42N2O37S5.C14H31N.H2O/c1-4(30)27-7-9(31)13(6(56-23(7)39)3-55-67(43,44)45)58-26-19(65-70(52,53)54)12(34)16(20(62-26)22(37)38)60-24-8(28-66(40,41)42)15(63-68(46,47)48)14(5(2-29)57-24)59-25-18(64-69(49,50)51)11(33)10(32)17(61-25)21(35)36;1-4-5-6-7-8-9-10-11-12-13-14-15(2)3;/h5-20,23-26,28-29,31-34,39H,2-3H2,1H3,(H,27,30)(H,35,36)(H,37,38)(H,40,41,42)(H,43,44,45)(H,46,47,48)(H,49,50,51)(H,52,53,54);4-14H2,1-3H3;1H2/t5-,6+,7-,8-,9-,10-,11-,12+,13-,14-,15-,16+,17-,18+,19-,20+,23-,24+,25+,26-;;/m1../s1. The van der Waals surface area contributed by atoms with E-state index in [9.17, 15) is 116 Å². The van der Waals surface area contributed by atoms with Gasteiger partial charge in [0.15, 0.2) is 49.6 Å². The molecular weight excluding hydrogens is 1290 g/mol. The summed E-state index contributed by atoms with van der Waals surface area (Å²) < 4.78 is 222. The van der Waals surface area contributed by atoms with Crippen LogP contribution >= 0.6 is 0 Å². The number of hydrogen-bond acceptors (Lipinski definition) is 31. The second-order valence-electron chi connectivity index (χ2n) is 19.6. The first-order valence-corrected chi connectivity index (χ1v) is 32.3. The molecule has 0 unspecified atom stereocenters. The Morgan fingerprint density at radius 2 is 0.965 bits per heavy atom. The van der Waals surface area contributed by atoms with Crippen LogP contribution in [-0.4, -0.2) is 290 Å². The maximum absolute atomic E-state index is 12.7. The molecule has 4 aliphatic heterocycles. The van der Waals surface area contributed by atoms with Crippen LogP contribution in [0.5, 0.6) is 0 Å². The molecule has 4 rings (SSSR count). The number of ether oxygens (including phenoxy) is 7. The summed E-state index contributed by atoms with van der Waals surface area (Å²) in [6, 6.07) is -4.96. The van der Waals surface area contributed by atoms with E-state index in [0.29, 0.717) is 0 Å². The SMILES string of the molecule is CC(=O)N[C@@H]1[C@@H](O)[C@H](O[C@@H]2O[C@H](C(=O)O)[C@@H](O[C@@H]3O[C@H](CO)[C@@H](O[C@H]4O[C@@H](C(=O)O)[C@H](O)[C@@H](O)[C@@H]4OS(=O)(=O)O)[C@H](OS(=O)(=O)O)[C@H]3NS(=O)(=O)O)[C@H](O)[C@H]2OS(=O)(=O)O)[C@H](COS(=O)(=O)O)O[C@H]1O.CCCCCCCCCCCCN(C)C.O. The number of carboxylic acids is 2. The van der Waals surface area contributed by atoms with Crippen LogP contribution in [-0.2, 0) is 116 Å². The summed E-state index contributed by atoms with van der Waals surface area (Å²) in [6.07, 6.45) is -34.7. The van der Waals surface area contributed by atoms with Gasteiger partial charge in [-0.05, 0) is 27.1 Å². The van der Waals surface area contributed by atoms with E-state index in [1.54, 1.807) is 0 Å². The first-order chi connectivity index (χ1) is 39.1. The number of aliphatic carboxylic acids is 2. The van der Waals surface area contributed by atoms with Crippen LogP contribution in [0, 0.1) is 0 Å². The second-order valence-corrected chi connectivity index (χ2v) is 25.0. The Morgan fingerprint density at radius 1 is 0.512 bits per heavy atom. The van der Waals surface area contributed by atoms with Crippen LogP contribution in [0.15, 0.2) is 0 Å². The fraction of sp³-hybridized carbons (Fsp3) is 0.925. The van der Waals surface area contributed by atoms with Gasteiger partial charge in [-0.1, -0.05) is 64.7 Å². The molecule has 0 aromatic carbocycles. The van der Waals surface area contributed by atoms with Gasteiger partial charge in [-0.2, -0.15) is 46.8 Å². The second kappa shape index (κ2) is 34.5. The smallest absolute Gasteiger partial charge is 0.397 e. The molecule has 4 aliphatic rings. The third kappa shape index (κ3) is 26.2. The molecule has 46 heteroatoms. The highest BCUT2D eigenvalue weighted by Gasteiger charge is 2.60. The highest BCUT2D eigenvalue weighted by molar-refractivity contribution is 7.83. The number of nitrogens with zero attached hydrogens (tertiary/aromatic N) is 1. The van der Waals surface area contributed by atoms with Crippen molar-refractivity contribution >= 4 is 69.7 Å². The lowest BCUT2D eigenvalue weighted by atomic mass is 9.94. The normalized spacial score (nSPS) is 33.9. The van der Waals surface area contributed by atoms with E-state index in [0.717, 1.165) is 6.92 Å². The Balaban J connectivity index is 0.00000138. The summed E-state index contributed by atoms with van der Waals surface area (Å²) in [5.74, 6) is -5.49. The molecule has 4 heterocycles. The summed E-state index contributed by atoms with van der Waals surface area (Å²) in [5, 5.41) is 86.0. The molecule has 0 saturated carbocycles. The molecule has 0 bridgehead atoms. The summed E-state index contributed by atoms with van der Waals surface area (Å²) in [7, 11) is -24.8. The van der Waals surface area contributed by atoms with Crippen molar-refractivity contribution in [1.29, 1.82) is 0 Å². The van der Waals surface area contributed by atoms with Gasteiger partial charge in [-0.25, -0.2) is 26.3 Å². The number of carboxylic acid groups (broad SMARTS) is 2. The molecule has 17 N–H and O–H groups in total. The number of unbranched alkanes of at least 4 members (excludes halogenated alkanes) is 9. The molecule has 0 aliphatic carbocycles. The number of nitrogens with one attached hydrogen (secondary N) is 2. The number of hydrogen-bond donors (Lipinski definition) is 15. The molecular formula is C40H75N3O38S5. The van der Waals surface area contributed by atoms with E-state index in [2.05, 4.69) is 42.7 Å². The van der Waals surface area contributed by atoms with Gasteiger partial charge < -0.3 is 89.7 Å². The van der Waals surface area contributed by atoms with Crippen molar-refractivity contribution in [3.05, 3.63) is 0 Å². The predicted octanol–water partition coefficient (Wildman–Crippen LogP) is -7.07. The lowest BCUT2D eigenvalue weighted by Crippen LogP contribution is -2.71. The topological polar surface area (TPSA) is 645 Å². The third-order valence-corrected chi connectivity index (χ3v) is 15.0. The van der Waals surface area contributed by atoms with Gasteiger partial charge in [-0.3, -0.25) is 27.6 Å². The maximum atomic E-state index is 12.7. The average molecular weight is 1370 g/mol. The van der Waals surface area contributed by atoms with Crippen LogP contribution in [0.4, 0.5) is 0 Å². The molecule has 0 aromatic rings. The zero-order chi connectivity index (χ0) is 64.7. The van der Waals surface area contributed by atoms with E-state index >= 15 is 0 Å². The van der Waals surface area contributed by atoms with Crippen LogP contribution in [0.25, 0.3) is 0 Å². The minimum atomic E-state index is -6.09. The lowest BCUT2D eigenvalue weighted by Gasteiger charge is -2.50. The number of amides is 1. The molecule has 0 spiro atoms. The van der Waals surface area contributed by atoms with Gasteiger partial charge in [0.25, 0.3) is 0 Å². The fourth-order valence-electron chi connectivity index (χ4n) is 8.97. The highest BCUT2D eigenvalue weighted by atomic mass is 32.3. The van der Waals surface area contributed by atoms with Gasteiger partial charge in [0, 0.05) is 6.92 Å². The highest BCUT2D eigenvalue weighted by Crippen LogP contribution is 2.37. The number of carbonyl (C=O) groups excluding carboxylic acids is 1. The zero-order valence-electron chi connectivity index (χ0n) is 45.8. The Morgan fingerprint density at radius 3 is 1.41 bits per heavy atom. The van der Waals surface area contributed by atoms with Gasteiger partial charge in [0.05, 0.1) is 13.2 Å². The van der Waals surface area contributed by atoms with Crippen molar-refractivity contribution in [2.45, 2.75) is 201 Å². The Labute approximate surface area is 492 Å². The predicted molar refractivity (Wildman–Crippen MR) is 275 cm³/mol. The van der Waals surface area contributed by atoms with Gasteiger partial charge >= 0.3 is 63.8 Å². The third-order valence-electron chi connectivity index (χ3n) is 12.6. The monoisotopic (exact) mass is 1370 g/mol. The zero-order valence-corrected chi connectivity index (χ0v) is 49.9. The quantitative estimate of drug-likeness (QED) is 0.0220. The summed E-state index contributed by atoms with van der Waals surface area (Å²) in [6.45, 7) is 1.30. The van der Waals surface area contributed by atoms with Gasteiger partial charge in [0.2, 0.25) is 5.91 Å². The van der Waals surface area contributed by atoms with Crippen molar-refractivity contribution in [2.75, 3.05) is 33.9 Å². The number of aliphatic hydroxyl groups excluding tert-OH is 6. The average Bonchev–Trinajstić information content (AvgIpc) is 0.805. The Kier molecular flexibility index (Phi) is 31.8. The maximum Gasteiger partial charge on any atom is 0.397 e. The Hall–Kier alpha value is -2.84. The van der Waals surface area contributed by atoms with Crippen molar-refractivity contribution in [3.8, 4) is 0 Å². The number of aliphatic hydroxyl groups is 6. The molecule has 1 amide bonds. The van der Waals surface area contributed by atoms with Crippen molar-refractivity contribution in [2.24, 2.45) is 0 Å². The summed E-state index contributed by atoms with van der Waals surface area (Å²) >= 11 is 0. The molecule has 4 fully saturated rings. The van der Waals surface area contributed by atoms with Crippen LogP contribution in [0.1, 0.15) is 78.1 Å². The lowest BCUT2D eigenvalue weighted by molar-refractivity contribution is -0.366. The van der Waals surface area contributed by atoms with Crippen molar-refractivity contribution in [3.63, 3.8) is 0 Å². The van der Waals surface area contributed by atoms with Crippen molar-refractivity contribution < 1.29 is 175 Å². The largest absolute Gasteiger partial charge is 0.479 e. The number of carbonyl (C=O) groups is 3. The minimum Gasteiger partial charge on any atom is -0.479 e. The fourth-order valence-corrected chi connectivity index (χ4v) is 11.3. The molecule has 508 valence electrons. The van der Waals surface area contributed by atoms with Crippen molar-refractivity contribution in [1.82, 2.24) is 14.9 Å². The van der Waals surface area contributed by atoms with E-state index in [-0.39, 0.29) is 5.48 Å². The van der Waals surface area contributed by atoms with E-state index in [1.807, 2.05) is 5.32 Å². The molecule has 20 atom stereocenters. The molecule has 4 saturated heterocycles. The van der Waals surface area contributed by atoms with Crippen LogP contribution in [0.2, 0.25) is 0 Å². The van der Waals surface area contributed by atoms with Gasteiger partial charge in [0.1, 0.15) is 73.1 Å². The molecule has 86 heavy (non-hydrogen) atoms. The molecule has 0 radical (unpaired) electrons. The molecule has 41 nitrogen and oxygen atoms in total. The summed E-state index contributed by atoms with van der Waals surface area (Å²) in [5.41, 5.74) is 0. The minimum absolute atomic E-state index is 0. The molecule has 0 aromatic heterocycles.